The van der Waals surface area contributed by atoms with Gasteiger partial charge in [-0.1, -0.05) is 6.07 Å². The Morgan fingerprint density at radius 1 is 0.926 bits per heavy atom. The summed E-state index contributed by atoms with van der Waals surface area (Å²) >= 11 is 1.58. The standard InChI is InChI=1S/C20H23NO5S/c1-23-14-6-8-16(24-2)15(10-14)20-21(19(22)12-27-20)11-13-5-7-17(25-3)18(9-13)26-4/h5-10,20H,11-12H2,1-4H3. The molecule has 6 nitrogen and oxygen atoms in total. The molecule has 0 aliphatic carbocycles. The molecule has 3 rings (SSSR count). The fourth-order valence-electron chi connectivity index (χ4n) is 3.09. The first kappa shape index (κ1) is 19.2. The number of hydrogen-bond donors (Lipinski definition) is 0. The maximum Gasteiger partial charge on any atom is 0.234 e. The maximum atomic E-state index is 12.6. The van der Waals surface area contributed by atoms with Gasteiger partial charge in [0, 0.05) is 12.1 Å². The van der Waals surface area contributed by atoms with Crippen LogP contribution in [0.2, 0.25) is 0 Å². The Hall–Kier alpha value is -2.54. The molecule has 1 saturated heterocycles. The molecule has 1 atom stereocenters. The number of benzene rings is 2. The van der Waals surface area contributed by atoms with Crippen LogP contribution in [0.4, 0.5) is 0 Å². The van der Waals surface area contributed by atoms with Gasteiger partial charge in [-0.15, -0.1) is 11.8 Å². The Morgan fingerprint density at radius 2 is 1.63 bits per heavy atom. The second kappa shape index (κ2) is 8.43. The second-order valence-electron chi connectivity index (χ2n) is 5.98. The highest BCUT2D eigenvalue weighted by molar-refractivity contribution is 8.00. The van der Waals surface area contributed by atoms with E-state index in [-0.39, 0.29) is 11.3 Å². The summed E-state index contributed by atoms with van der Waals surface area (Å²) in [6, 6.07) is 11.3. The van der Waals surface area contributed by atoms with Crippen molar-refractivity contribution >= 4 is 17.7 Å². The van der Waals surface area contributed by atoms with Crippen molar-refractivity contribution in [2.45, 2.75) is 11.9 Å². The van der Waals surface area contributed by atoms with Crippen LogP contribution in [-0.4, -0.2) is 45.0 Å². The van der Waals surface area contributed by atoms with E-state index in [0.29, 0.717) is 23.8 Å². The molecule has 1 amide bonds. The predicted octanol–water partition coefficient (Wildman–Crippen LogP) is 3.50. The molecule has 27 heavy (non-hydrogen) atoms. The fraction of sp³-hybridized carbons (Fsp3) is 0.350. The Kier molecular flexibility index (Phi) is 6.01. The van der Waals surface area contributed by atoms with Crippen LogP contribution in [0.5, 0.6) is 23.0 Å². The third-order valence-electron chi connectivity index (χ3n) is 4.47. The molecular weight excluding hydrogens is 366 g/mol. The van der Waals surface area contributed by atoms with Crippen LogP contribution in [0, 0.1) is 0 Å². The third kappa shape index (κ3) is 3.93. The fourth-order valence-corrected chi connectivity index (χ4v) is 4.29. The maximum absolute atomic E-state index is 12.6. The molecule has 1 aliphatic rings. The van der Waals surface area contributed by atoms with Gasteiger partial charge in [0.1, 0.15) is 16.9 Å². The topological polar surface area (TPSA) is 57.2 Å². The van der Waals surface area contributed by atoms with Gasteiger partial charge in [0.15, 0.2) is 11.5 Å². The zero-order valence-corrected chi connectivity index (χ0v) is 16.7. The molecule has 2 aromatic rings. The molecule has 0 spiro atoms. The number of amides is 1. The van der Waals surface area contributed by atoms with Crippen molar-refractivity contribution in [3.63, 3.8) is 0 Å². The van der Waals surface area contributed by atoms with Gasteiger partial charge in [-0.25, -0.2) is 0 Å². The van der Waals surface area contributed by atoms with E-state index in [1.54, 1.807) is 40.2 Å². The number of carbonyl (C=O) groups excluding carboxylic acids is 1. The summed E-state index contributed by atoms with van der Waals surface area (Å²) in [7, 11) is 6.46. The Labute approximate surface area is 163 Å². The van der Waals surface area contributed by atoms with Crippen LogP contribution in [0.1, 0.15) is 16.5 Å². The highest BCUT2D eigenvalue weighted by atomic mass is 32.2. The van der Waals surface area contributed by atoms with Crippen LogP contribution in [0.3, 0.4) is 0 Å². The van der Waals surface area contributed by atoms with Gasteiger partial charge in [0.2, 0.25) is 5.91 Å². The SMILES string of the molecule is COc1ccc(OC)c(C2SCC(=O)N2Cc2ccc(OC)c(OC)c2)c1. The highest BCUT2D eigenvalue weighted by Gasteiger charge is 2.35. The molecule has 1 aliphatic heterocycles. The molecule has 0 saturated carbocycles. The lowest BCUT2D eigenvalue weighted by Crippen LogP contribution is -2.28. The van der Waals surface area contributed by atoms with Crippen molar-refractivity contribution in [3.05, 3.63) is 47.5 Å². The molecule has 2 aromatic carbocycles. The number of methoxy groups -OCH3 is 4. The first-order valence-corrected chi connectivity index (χ1v) is 9.50. The van der Waals surface area contributed by atoms with Gasteiger partial charge < -0.3 is 23.8 Å². The van der Waals surface area contributed by atoms with E-state index < -0.39 is 0 Å². The van der Waals surface area contributed by atoms with Crippen molar-refractivity contribution < 1.29 is 23.7 Å². The lowest BCUT2D eigenvalue weighted by molar-refractivity contribution is -0.128. The predicted molar refractivity (Wildman–Crippen MR) is 105 cm³/mol. The van der Waals surface area contributed by atoms with Crippen molar-refractivity contribution in [2.75, 3.05) is 34.2 Å². The molecule has 144 valence electrons. The Balaban J connectivity index is 1.92. The van der Waals surface area contributed by atoms with Crippen LogP contribution >= 0.6 is 11.8 Å². The number of carbonyl (C=O) groups is 1. The number of ether oxygens (including phenoxy) is 4. The van der Waals surface area contributed by atoms with Gasteiger partial charge in [0.25, 0.3) is 0 Å². The molecule has 1 fully saturated rings. The van der Waals surface area contributed by atoms with Gasteiger partial charge in [-0.2, -0.15) is 0 Å². The van der Waals surface area contributed by atoms with Gasteiger partial charge in [-0.3, -0.25) is 4.79 Å². The van der Waals surface area contributed by atoms with Gasteiger partial charge in [0.05, 0.1) is 34.2 Å². The van der Waals surface area contributed by atoms with Crippen LogP contribution in [-0.2, 0) is 11.3 Å². The van der Waals surface area contributed by atoms with Crippen LogP contribution in [0.15, 0.2) is 36.4 Å². The quantitative estimate of drug-likeness (QED) is 0.723. The molecule has 0 bridgehead atoms. The van der Waals surface area contributed by atoms with Gasteiger partial charge >= 0.3 is 0 Å². The normalized spacial score (nSPS) is 16.4. The van der Waals surface area contributed by atoms with Crippen molar-refractivity contribution in [3.8, 4) is 23.0 Å². The van der Waals surface area contributed by atoms with E-state index >= 15 is 0 Å². The molecule has 1 heterocycles. The Morgan fingerprint density at radius 3 is 2.30 bits per heavy atom. The summed E-state index contributed by atoms with van der Waals surface area (Å²) in [6.45, 7) is 0.469. The summed E-state index contributed by atoms with van der Waals surface area (Å²) in [4.78, 5) is 14.4. The average Bonchev–Trinajstić information content (AvgIpc) is 3.07. The van der Waals surface area contributed by atoms with Gasteiger partial charge in [-0.05, 0) is 35.9 Å². The summed E-state index contributed by atoms with van der Waals surface area (Å²) in [5.41, 5.74) is 1.89. The summed E-state index contributed by atoms with van der Waals surface area (Å²) < 4.78 is 21.5. The molecule has 7 heteroatoms. The largest absolute Gasteiger partial charge is 0.497 e. The van der Waals surface area contributed by atoms with E-state index in [2.05, 4.69) is 0 Å². The number of hydrogen-bond acceptors (Lipinski definition) is 6. The summed E-state index contributed by atoms with van der Waals surface area (Å²) in [6.07, 6.45) is 0. The van der Waals surface area contributed by atoms with Crippen molar-refractivity contribution in [1.29, 1.82) is 0 Å². The molecule has 0 radical (unpaired) electrons. The average molecular weight is 389 g/mol. The number of nitrogens with zero attached hydrogens (tertiary/aromatic N) is 1. The number of rotatable bonds is 7. The van der Waals surface area contributed by atoms with E-state index in [9.17, 15) is 4.79 Å². The molecule has 1 unspecified atom stereocenters. The molecule has 0 N–H and O–H groups in total. The van der Waals surface area contributed by atoms with Crippen LogP contribution < -0.4 is 18.9 Å². The first-order valence-electron chi connectivity index (χ1n) is 8.45. The second-order valence-corrected chi connectivity index (χ2v) is 7.05. The summed E-state index contributed by atoms with van der Waals surface area (Å²) in [5, 5.41) is -0.143. The number of thioether (sulfide) groups is 1. The van der Waals surface area contributed by atoms with Crippen LogP contribution in [0.25, 0.3) is 0 Å². The smallest absolute Gasteiger partial charge is 0.234 e. The van der Waals surface area contributed by atoms with E-state index in [1.807, 2.05) is 41.3 Å². The first-order chi connectivity index (χ1) is 13.1. The molecule has 0 aromatic heterocycles. The Bertz CT molecular complexity index is 826. The lowest BCUT2D eigenvalue weighted by Gasteiger charge is -2.26. The van der Waals surface area contributed by atoms with E-state index in [1.165, 1.54) is 0 Å². The minimum atomic E-state index is -0.143. The van der Waals surface area contributed by atoms with E-state index in [0.717, 1.165) is 22.6 Å². The minimum absolute atomic E-state index is 0.0876. The minimum Gasteiger partial charge on any atom is -0.497 e. The highest BCUT2D eigenvalue weighted by Crippen LogP contribution is 2.44. The van der Waals surface area contributed by atoms with Crippen molar-refractivity contribution in [1.82, 2.24) is 4.90 Å². The zero-order valence-electron chi connectivity index (χ0n) is 15.9. The van der Waals surface area contributed by atoms with Crippen molar-refractivity contribution in [2.24, 2.45) is 0 Å². The zero-order chi connectivity index (χ0) is 19.4. The monoisotopic (exact) mass is 389 g/mol. The lowest BCUT2D eigenvalue weighted by atomic mass is 10.1. The summed E-state index contributed by atoms with van der Waals surface area (Å²) in [5.74, 6) is 3.29. The third-order valence-corrected chi connectivity index (χ3v) is 5.71. The van der Waals surface area contributed by atoms with E-state index in [4.69, 9.17) is 18.9 Å². The molecular formula is C20H23NO5S.